The largest absolute Gasteiger partial charge is 0.368 e. The summed E-state index contributed by atoms with van der Waals surface area (Å²) in [6.45, 7) is 2.63. The van der Waals surface area contributed by atoms with Crippen molar-refractivity contribution in [1.82, 2.24) is 15.1 Å². The van der Waals surface area contributed by atoms with Crippen molar-refractivity contribution in [2.45, 2.75) is 5.03 Å². The zero-order valence-electron chi connectivity index (χ0n) is 16.8. The number of anilines is 1. The Bertz CT molecular complexity index is 1040. The van der Waals surface area contributed by atoms with Crippen molar-refractivity contribution in [3.8, 4) is 11.3 Å². The fourth-order valence-corrected chi connectivity index (χ4v) is 4.10. The van der Waals surface area contributed by atoms with Crippen LogP contribution in [0, 0.1) is 10.1 Å². The minimum absolute atomic E-state index is 0.0716. The summed E-state index contributed by atoms with van der Waals surface area (Å²) < 4.78 is 0. The monoisotopic (exact) mass is 435 g/mol. The summed E-state index contributed by atoms with van der Waals surface area (Å²) in [5.41, 5.74) is 2.82. The average molecular weight is 436 g/mol. The number of piperazine rings is 1. The molecule has 8 nitrogen and oxygen atoms in total. The van der Waals surface area contributed by atoms with Crippen LogP contribution in [0.1, 0.15) is 0 Å². The van der Waals surface area contributed by atoms with Gasteiger partial charge in [-0.1, -0.05) is 42.1 Å². The lowest BCUT2D eigenvalue weighted by molar-refractivity contribution is -0.384. The van der Waals surface area contributed by atoms with Gasteiger partial charge in [0.2, 0.25) is 5.91 Å². The molecule has 0 atom stereocenters. The van der Waals surface area contributed by atoms with E-state index in [1.807, 2.05) is 47.4 Å². The van der Waals surface area contributed by atoms with E-state index in [1.54, 1.807) is 12.1 Å². The molecule has 1 fully saturated rings. The normalized spacial score (nSPS) is 13.8. The SMILES string of the molecule is O=C(CSc1ccc(-c2ccccc2)nn1)N1CCN(c2ccc([N+](=O)[O-])cc2)CC1. The highest BCUT2D eigenvalue weighted by atomic mass is 32.2. The maximum Gasteiger partial charge on any atom is 0.269 e. The zero-order chi connectivity index (χ0) is 21.6. The van der Waals surface area contributed by atoms with Gasteiger partial charge in [-0.3, -0.25) is 14.9 Å². The third-order valence-electron chi connectivity index (χ3n) is 5.11. The number of aromatic nitrogens is 2. The molecule has 1 aliphatic heterocycles. The van der Waals surface area contributed by atoms with Crippen LogP contribution >= 0.6 is 11.8 Å². The Kier molecular flexibility index (Phi) is 6.42. The summed E-state index contributed by atoms with van der Waals surface area (Å²) in [5, 5.41) is 20.0. The highest BCUT2D eigenvalue weighted by Gasteiger charge is 2.22. The first-order valence-electron chi connectivity index (χ1n) is 9.89. The van der Waals surface area contributed by atoms with Crippen molar-refractivity contribution in [3.05, 3.63) is 76.8 Å². The molecule has 1 aliphatic rings. The fraction of sp³-hybridized carbons (Fsp3) is 0.227. The van der Waals surface area contributed by atoms with E-state index < -0.39 is 4.92 Å². The molecule has 1 amide bonds. The summed E-state index contributed by atoms with van der Waals surface area (Å²) in [6.07, 6.45) is 0. The van der Waals surface area contributed by atoms with Crippen LogP contribution in [0.3, 0.4) is 0 Å². The summed E-state index contributed by atoms with van der Waals surface area (Å²) in [6, 6.07) is 20.2. The summed E-state index contributed by atoms with van der Waals surface area (Å²) in [4.78, 5) is 27.0. The number of carbonyl (C=O) groups is 1. The van der Waals surface area contributed by atoms with Crippen molar-refractivity contribution in [3.63, 3.8) is 0 Å². The molecule has 0 aliphatic carbocycles. The summed E-state index contributed by atoms with van der Waals surface area (Å²) in [5.74, 6) is 0.388. The highest BCUT2D eigenvalue weighted by Crippen LogP contribution is 2.22. The minimum Gasteiger partial charge on any atom is -0.368 e. The third kappa shape index (κ3) is 5.18. The molecule has 31 heavy (non-hydrogen) atoms. The van der Waals surface area contributed by atoms with Crippen LogP contribution in [0.25, 0.3) is 11.3 Å². The maximum absolute atomic E-state index is 12.6. The number of hydrogen-bond donors (Lipinski definition) is 0. The van der Waals surface area contributed by atoms with Crippen LogP contribution < -0.4 is 4.90 Å². The second-order valence-electron chi connectivity index (χ2n) is 7.05. The Morgan fingerprint density at radius 2 is 1.65 bits per heavy atom. The van der Waals surface area contributed by atoms with Gasteiger partial charge in [-0.25, -0.2) is 0 Å². The molecule has 1 saturated heterocycles. The van der Waals surface area contributed by atoms with Crippen molar-refractivity contribution < 1.29 is 9.72 Å². The van der Waals surface area contributed by atoms with Gasteiger partial charge in [0.1, 0.15) is 5.03 Å². The number of benzene rings is 2. The molecule has 1 aromatic heterocycles. The number of hydrogen-bond acceptors (Lipinski definition) is 7. The number of amides is 1. The first-order valence-corrected chi connectivity index (χ1v) is 10.9. The van der Waals surface area contributed by atoms with Gasteiger partial charge in [0, 0.05) is 49.6 Å². The molecule has 0 radical (unpaired) electrons. The second-order valence-corrected chi connectivity index (χ2v) is 8.05. The first kappa shape index (κ1) is 20.8. The van der Waals surface area contributed by atoms with Gasteiger partial charge in [-0.2, -0.15) is 0 Å². The van der Waals surface area contributed by atoms with Gasteiger partial charge in [-0.05, 0) is 24.3 Å². The molecule has 2 aromatic carbocycles. The van der Waals surface area contributed by atoms with Gasteiger partial charge in [-0.15, -0.1) is 10.2 Å². The van der Waals surface area contributed by atoms with Gasteiger partial charge in [0.25, 0.3) is 5.69 Å². The second kappa shape index (κ2) is 9.57. The van der Waals surface area contributed by atoms with Crippen LogP contribution in [0.2, 0.25) is 0 Å². The Morgan fingerprint density at radius 3 is 2.26 bits per heavy atom. The van der Waals surface area contributed by atoms with Crippen molar-refractivity contribution in [1.29, 1.82) is 0 Å². The van der Waals surface area contributed by atoms with Crippen LogP contribution in [-0.2, 0) is 4.79 Å². The summed E-state index contributed by atoms with van der Waals surface area (Å²) >= 11 is 1.39. The number of carbonyl (C=O) groups excluding carboxylic acids is 1. The van der Waals surface area contributed by atoms with E-state index in [9.17, 15) is 14.9 Å². The Labute approximate surface area is 184 Å². The average Bonchev–Trinajstić information content (AvgIpc) is 2.83. The molecular formula is C22H21N5O3S. The van der Waals surface area contributed by atoms with E-state index in [4.69, 9.17) is 0 Å². The number of nitrogens with zero attached hydrogens (tertiary/aromatic N) is 5. The lowest BCUT2D eigenvalue weighted by atomic mass is 10.1. The molecule has 9 heteroatoms. The van der Waals surface area contributed by atoms with Crippen LogP contribution in [0.5, 0.6) is 0 Å². The van der Waals surface area contributed by atoms with Gasteiger partial charge in [0.15, 0.2) is 0 Å². The van der Waals surface area contributed by atoms with Crippen LogP contribution in [-0.4, -0.2) is 57.9 Å². The molecule has 0 N–H and O–H groups in total. The molecule has 0 bridgehead atoms. The lowest BCUT2D eigenvalue weighted by Crippen LogP contribution is -2.49. The number of rotatable bonds is 6. The Hall–Kier alpha value is -3.46. The Balaban J connectivity index is 1.26. The predicted octanol–water partition coefficient (Wildman–Crippen LogP) is 3.49. The third-order valence-corrected chi connectivity index (χ3v) is 6.02. The Morgan fingerprint density at radius 1 is 0.935 bits per heavy atom. The quantitative estimate of drug-likeness (QED) is 0.332. The van der Waals surface area contributed by atoms with Crippen molar-refractivity contribution >= 4 is 29.0 Å². The molecule has 2 heterocycles. The van der Waals surface area contributed by atoms with Crippen molar-refractivity contribution in [2.24, 2.45) is 0 Å². The highest BCUT2D eigenvalue weighted by molar-refractivity contribution is 7.99. The smallest absolute Gasteiger partial charge is 0.269 e. The summed E-state index contributed by atoms with van der Waals surface area (Å²) in [7, 11) is 0. The van der Waals surface area contributed by atoms with Gasteiger partial charge in [0.05, 0.1) is 16.4 Å². The van der Waals surface area contributed by atoms with E-state index in [2.05, 4.69) is 15.1 Å². The molecule has 0 unspecified atom stereocenters. The van der Waals surface area contributed by atoms with E-state index in [0.29, 0.717) is 31.9 Å². The molecule has 158 valence electrons. The molecule has 0 saturated carbocycles. The van der Waals surface area contributed by atoms with Gasteiger partial charge < -0.3 is 9.80 Å². The molecular weight excluding hydrogens is 414 g/mol. The lowest BCUT2D eigenvalue weighted by Gasteiger charge is -2.36. The maximum atomic E-state index is 12.6. The number of nitro benzene ring substituents is 1. The predicted molar refractivity (Wildman–Crippen MR) is 120 cm³/mol. The van der Waals surface area contributed by atoms with Crippen molar-refractivity contribution in [2.75, 3.05) is 36.8 Å². The number of thioether (sulfide) groups is 1. The first-order chi connectivity index (χ1) is 15.1. The van der Waals surface area contributed by atoms with E-state index >= 15 is 0 Å². The van der Waals surface area contributed by atoms with Gasteiger partial charge >= 0.3 is 0 Å². The molecule has 0 spiro atoms. The minimum atomic E-state index is -0.405. The number of non-ortho nitro benzene ring substituents is 1. The topological polar surface area (TPSA) is 92.5 Å². The number of nitro groups is 1. The van der Waals surface area contributed by atoms with E-state index in [1.165, 1.54) is 23.9 Å². The zero-order valence-corrected chi connectivity index (χ0v) is 17.6. The standard InChI is InChI=1S/C22H21N5O3S/c28-22(16-31-21-11-10-20(23-24-21)17-4-2-1-3-5-17)26-14-12-25(13-15-26)18-6-8-19(9-7-18)27(29)30/h1-11H,12-16H2. The fourth-order valence-electron chi connectivity index (χ4n) is 3.39. The molecule has 4 rings (SSSR count). The van der Waals surface area contributed by atoms with E-state index in [0.717, 1.165) is 22.0 Å². The van der Waals surface area contributed by atoms with Crippen LogP contribution in [0.15, 0.2) is 71.8 Å². The van der Waals surface area contributed by atoms with E-state index in [-0.39, 0.29) is 11.6 Å². The molecule has 3 aromatic rings. The van der Waals surface area contributed by atoms with Crippen LogP contribution in [0.4, 0.5) is 11.4 Å².